The van der Waals surface area contributed by atoms with Crippen LogP contribution in [0.1, 0.15) is 31.0 Å². The zero-order valence-corrected chi connectivity index (χ0v) is 23.8. The van der Waals surface area contributed by atoms with E-state index in [1.54, 1.807) is 81.9 Å². The minimum Gasteiger partial charge on any atom is -0.497 e. The molecule has 0 N–H and O–H groups in total. The molecule has 0 saturated heterocycles. The second-order valence-electron chi connectivity index (χ2n) is 8.69. The fourth-order valence-corrected chi connectivity index (χ4v) is 6.18. The van der Waals surface area contributed by atoms with Crippen molar-refractivity contribution in [1.29, 1.82) is 0 Å². The van der Waals surface area contributed by atoms with Crippen molar-refractivity contribution in [3.05, 3.63) is 113 Å². The molecule has 0 radical (unpaired) electrons. The van der Waals surface area contributed by atoms with E-state index in [2.05, 4.69) is 15.0 Å². The summed E-state index contributed by atoms with van der Waals surface area (Å²) in [6.45, 7) is 3.58. The van der Waals surface area contributed by atoms with Crippen molar-refractivity contribution in [2.75, 3.05) is 13.7 Å². The Morgan fingerprint density at radius 2 is 1.93 bits per heavy atom. The monoisotopic (exact) mass is 589 g/mol. The molecule has 3 heterocycles. The van der Waals surface area contributed by atoms with Crippen LogP contribution in [0.4, 0.5) is 5.69 Å². The Hall–Kier alpha value is -4.62. The molecule has 2 aromatic heterocycles. The molecule has 0 amide bonds. The number of ether oxygens (including phenoxy) is 2. The van der Waals surface area contributed by atoms with E-state index in [4.69, 9.17) is 9.47 Å². The first-order chi connectivity index (χ1) is 19.8. The molecule has 208 valence electrons. The van der Waals surface area contributed by atoms with E-state index in [9.17, 15) is 19.7 Å². The van der Waals surface area contributed by atoms with Gasteiger partial charge < -0.3 is 9.47 Å². The first kappa shape index (κ1) is 27.9. The second kappa shape index (κ2) is 11.9. The zero-order chi connectivity index (χ0) is 29.1. The number of carbonyl (C=O) groups excluding carboxylic acids is 1. The Kier molecular flexibility index (Phi) is 8.08. The largest absolute Gasteiger partial charge is 0.497 e. The van der Waals surface area contributed by atoms with Gasteiger partial charge in [0.2, 0.25) is 0 Å². The third-order valence-corrected chi connectivity index (χ3v) is 8.11. The maximum Gasteiger partial charge on any atom is 0.338 e. The molecule has 1 aliphatic heterocycles. The van der Waals surface area contributed by atoms with Crippen LogP contribution in [-0.2, 0) is 9.53 Å². The van der Waals surface area contributed by atoms with Gasteiger partial charge in [-0.1, -0.05) is 29.5 Å². The molecular weight excluding hydrogens is 566 g/mol. The molecule has 1 aliphatic rings. The van der Waals surface area contributed by atoms with Crippen LogP contribution in [0.5, 0.6) is 5.75 Å². The number of carbonyl (C=O) groups is 1. The van der Waals surface area contributed by atoms with Crippen LogP contribution in [0.25, 0.3) is 6.08 Å². The summed E-state index contributed by atoms with van der Waals surface area (Å²) in [5, 5.41) is 12.3. The van der Waals surface area contributed by atoms with Crippen LogP contribution in [0, 0.1) is 10.1 Å². The normalized spacial score (nSPS) is 14.8. The first-order valence-corrected chi connectivity index (χ1v) is 14.0. The van der Waals surface area contributed by atoms with Crippen molar-refractivity contribution in [2.24, 2.45) is 4.99 Å². The Bertz CT molecular complexity index is 1850. The third kappa shape index (κ3) is 5.67. The third-order valence-electron chi connectivity index (χ3n) is 6.17. The minimum atomic E-state index is -0.780. The predicted octanol–water partition coefficient (Wildman–Crippen LogP) is 3.66. The van der Waals surface area contributed by atoms with Gasteiger partial charge in [-0.25, -0.2) is 19.8 Å². The van der Waals surface area contributed by atoms with Crippen molar-refractivity contribution in [1.82, 2.24) is 14.5 Å². The summed E-state index contributed by atoms with van der Waals surface area (Å²) in [6.07, 6.45) is 4.70. The van der Waals surface area contributed by atoms with Gasteiger partial charge in [-0.05, 0) is 67.1 Å². The van der Waals surface area contributed by atoms with E-state index in [1.807, 2.05) is 0 Å². The van der Waals surface area contributed by atoms with Crippen LogP contribution in [0.15, 0.2) is 92.0 Å². The summed E-state index contributed by atoms with van der Waals surface area (Å²) in [5.41, 5.74) is 1.31. The van der Waals surface area contributed by atoms with Crippen molar-refractivity contribution < 1.29 is 19.2 Å². The van der Waals surface area contributed by atoms with Crippen molar-refractivity contribution in [3.63, 3.8) is 0 Å². The molecule has 13 heteroatoms. The maximum atomic E-state index is 13.8. The molecule has 41 heavy (non-hydrogen) atoms. The standard InChI is InChI=1S/C28H23N5O6S2/c1-4-39-26(35)23-16(2)31-28-32(24(23)18-7-9-19(38-3)10-8-18)25(34)22(41-28)15-17-6-11-21(20(14-17)33(36)37)40-27-29-12-5-13-30-27/h5-15,24H,4H2,1-3H3/b22-15+/t24-/m0/s1. The topological polar surface area (TPSA) is 139 Å². The van der Waals surface area contributed by atoms with E-state index < -0.39 is 16.9 Å². The van der Waals surface area contributed by atoms with Gasteiger partial charge in [0.15, 0.2) is 9.96 Å². The lowest BCUT2D eigenvalue weighted by Gasteiger charge is -2.24. The van der Waals surface area contributed by atoms with Gasteiger partial charge in [0.25, 0.3) is 11.2 Å². The molecule has 2 aromatic carbocycles. The zero-order valence-electron chi connectivity index (χ0n) is 22.1. The minimum absolute atomic E-state index is 0.138. The van der Waals surface area contributed by atoms with Gasteiger partial charge in [-0.15, -0.1) is 0 Å². The quantitative estimate of drug-likeness (QED) is 0.130. The molecule has 0 fully saturated rings. The number of benzene rings is 2. The Morgan fingerprint density at radius 3 is 2.59 bits per heavy atom. The number of rotatable bonds is 8. The maximum absolute atomic E-state index is 13.8. The smallest absolute Gasteiger partial charge is 0.338 e. The number of hydrogen-bond donors (Lipinski definition) is 0. The molecule has 0 spiro atoms. The fourth-order valence-electron chi connectivity index (χ4n) is 4.33. The lowest BCUT2D eigenvalue weighted by molar-refractivity contribution is -0.387. The number of aromatic nitrogens is 3. The van der Waals surface area contributed by atoms with Crippen molar-refractivity contribution in [3.8, 4) is 5.75 Å². The van der Waals surface area contributed by atoms with E-state index >= 15 is 0 Å². The second-order valence-corrected chi connectivity index (χ2v) is 10.7. The molecule has 0 aliphatic carbocycles. The van der Waals surface area contributed by atoms with Gasteiger partial charge in [-0.2, -0.15) is 0 Å². The summed E-state index contributed by atoms with van der Waals surface area (Å²) in [4.78, 5) is 51.8. The highest BCUT2D eigenvalue weighted by Gasteiger charge is 2.33. The van der Waals surface area contributed by atoms with Crippen molar-refractivity contribution in [2.45, 2.75) is 29.9 Å². The molecule has 11 nitrogen and oxygen atoms in total. The summed E-state index contributed by atoms with van der Waals surface area (Å²) < 4.78 is 12.4. The van der Waals surface area contributed by atoms with Crippen LogP contribution < -0.4 is 19.6 Å². The number of allylic oxidation sites excluding steroid dienone is 1. The number of nitro benzene ring substituents is 1. The molecule has 5 rings (SSSR count). The predicted molar refractivity (Wildman–Crippen MR) is 153 cm³/mol. The molecule has 1 atom stereocenters. The highest BCUT2D eigenvalue weighted by Crippen LogP contribution is 2.34. The molecule has 0 bridgehead atoms. The Balaban J connectivity index is 1.62. The van der Waals surface area contributed by atoms with Gasteiger partial charge in [0, 0.05) is 18.5 Å². The van der Waals surface area contributed by atoms with Crippen LogP contribution in [0.3, 0.4) is 0 Å². The Labute approximate surface area is 241 Å². The number of fused-ring (bicyclic) bond motifs is 1. The molecule has 0 unspecified atom stereocenters. The van der Waals surface area contributed by atoms with E-state index in [0.717, 1.165) is 23.1 Å². The lowest BCUT2D eigenvalue weighted by Crippen LogP contribution is -2.39. The van der Waals surface area contributed by atoms with Gasteiger partial charge >= 0.3 is 5.97 Å². The summed E-state index contributed by atoms with van der Waals surface area (Å²) in [7, 11) is 1.55. The number of nitro groups is 1. The van der Waals surface area contributed by atoms with Crippen LogP contribution in [-0.4, -0.2) is 39.1 Å². The number of methoxy groups -OCH3 is 1. The molecule has 0 saturated carbocycles. The van der Waals surface area contributed by atoms with Gasteiger partial charge in [-0.3, -0.25) is 19.5 Å². The molecular formula is C28H23N5O6S2. The summed E-state index contributed by atoms with van der Waals surface area (Å²) >= 11 is 2.21. The summed E-state index contributed by atoms with van der Waals surface area (Å²) in [6, 6.07) is 12.7. The van der Waals surface area contributed by atoms with E-state index in [1.165, 1.54) is 10.6 Å². The average molecular weight is 590 g/mol. The van der Waals surface area contributed by atoms with Crippen LogP contribution >= 0.6 is 23.1 Å². The summed E-state index contributed by atoms with van der Waals surface area (Å²) in [5.74, 6) is 0.0662. The van der Waals surface area contributed by atoms with E-state index in [-0.39, 0.29) is 23.4 Å². The number of esters is 1. The highest BCUT2D eigenvalue weighted by atomic mass is 32.2. The number of nitrogens with zero attached hydrogens (tertiary/aromatic N) is 5. The number of hydrogen-bond acceptors (Lipinski definition) is 11. The number of thiazole rings is 1. The Morgan fingerprint density at radius 1 is 1.20 bits per heavy atom. The van der Waals surface area contributed by atoms with Crippen LogP contribution in [0.2, 0.25) is 0 Å². The molecule has 4 aromatic rings. The van der Waals surface area contributed by atoms with Gasteiger partial charge in [0.05, 0.1) is 45.4 Å². The first-order valence-electron chi connectivity index (χ1n) is 12.4. The van der Waals surface area contributed by atoms with E-state index in [0.29, 0.717) is 42.0 Å². The highest BCUT2D eigenvalue weighted by molar-refractivity contribution is 7.99. The lowest BCUT2D eigenvalue weighted by atomic mass is 9.96. The fraction of sp³-hybridized carbons (Fsp3) is 0.179. The van der Waals surface area contributed by atoms with Gasteiger partial charge in [0.1, 0.15) is 5.75 Å². The average Bonchev–Trinajstić information content (AvgIpc) is 3.27. The SMILES string of the molecule is CCOC(=O)C1=C(C)N=c2s/c(=C/c3ccc(Sc4ncccn4)c([N+](=O)[O-])c3)c(=O)n2[C@H]1c1ccc(OC)cc1. The van der Waals surface area contributed by atoms with Crippen molar-refractivity contribution >= 4 is 40.8 Å².